The van der Waals surface area contributed by atoms with Crippen molar-refractivity contribution in [2.24, 2.45) is 5.92 Å². The molecular weight excluding hydrogens is 314 g/mol. The predicted molar refractivity (Wildman–Crippen MR) is 99.2 cm³/mol. The Morgan fingerprint density at radius 1 is 0.880 bits per heavy atom. The van der Waals surface area contributed by atoms with Crippen LogP contribution in [-0.4, -0.2) is 71.8 Å². The van der Waals surface area contributed by atoms with Crippen molar-refractivity contribution in [2.45, 2.75) is 70.8 Å². The smallest absolute Gasteiger partial charge is 0.223 e. The Bertz CT molecular complexity index is 454. The number of nitrogens with zero attached hydrogens (tertiary/aromatic N) is 3. The Morgan fingerprint density at radius 2 is 1.56 bits per heavy atom. The Hall–Kier alpha value is -1.10. The van der Waals surface area contributed by atoms with E-state index in [4.69, 9.17) is 0 Å². The van der Waals surface area contributed by atoms with Gasteiger partial charge in [-0.05, 0) is 70.4 Å². The molecule has 0 aromatic heterocycles. The van der Waals surface area contributed by atoms with Gasteiger partial charge in [0.25, 0.3) is 0 Å². The SMILES string of the molecule is CC(=O)N1CCC(CC(=O)N2CCCC[C@@H]2CCN2CCCC2)CC1. The Kier molecular flexibility index (Phi) is 6.74. The maximum absolute atomic E-state index is 12.9. The Morgan fingerprint density at radius 3 is 2.24 bits per heavy atom. The lowest BCUT2D eigenvalue weighted by atomic mass is 9.91. The normalized spacial score (nSPS) is 26.2. The van der Waals surface area contributed by atoms with Crippen molar-refractivity contribution >= 4 is 11.8 Å². The number of likely N-dealkylation sites (tertiary alicyclic amines) is 3. The molecule has 3 saturated heterocycles. The van der Waals surface area contributed by atoms with E-state index in [0.717, 1.165) is 51.9 Å². The summed E-state index contributed by atoms with van der Waals surface area (Å²) < 4.78 is 0. The minimum absolute atomic E-state index is 0.169. The zero-order valence-electron chi connectivity index (χ0n) is 15.9. The average Bonchev–Trinajstić information content (AvgIpc) is 3.14. The second kappa shape index (κ2) is 9.02. The second-order valence-corrected chi connectivity index (χ2v) is 8.23. The molecule has 3 fully saturated rings. The summed E-state index contributed by atoms with van der Waals surface area (Å²) >= 11 is 0. The number of carbonyl (C=O) groups excluding carboxylic acids is 2. The summed E-state index contributed by atoms with van der Waals surface area (Å²) in [6, 6.07) is 0.458. The molecule has 0 radical (unpaired) electrons. The maximum atomic E-state index is 12.9. The average molecular weight is 350 g/mol. The summed E-state index contributed by atoms with van der Waals surface area (Å²) in [4.78, 5) is 31.1. The minimum atomic E-state index is 0.169. The van der Waals surface area contributed by atoms with E-state index < -0.39 is 0 Å². The fourth-order valence-corrected chi connectivity index (χ4v) is 4.78. The zero-order valence-corrected chi connectivity index (χ0v) is 15.9. The molecule has 2 amide bonds. The monoisotopic (exact) mass is 349 g/mol. The van der Waals surface area contributed by atoms with Crippen molar-refractivity contribution in [3.8, 4) is 0 Å². The van der Waals surface area contributed by atoms with Crippen molar-refractivity contribution in [2.75, 3.05) is 39.3 Å². The number of amides is 2. The Labute approximate surface area is 152 Å². The molecule has 5 heteroatoms. The molecule has 0 aromatic carbocycles. The third kappa shape index (κ3) is 5.19. The third-order valence-electron chi connectivity index (χ3n) is 6.45. The molecule has 3 aliphatic rings. The quantitative estimate of drug-likeness (QED) is 0.766. The summed E-state index contributed by atoms with van der Waals surface area (Å²) in [5, 5.41) is 0. The number of rotatable bonds is 5. The van der Waals surface area contributed by atoms with Gasteiger partial charge in [-0.1, -0.05) is 0 Å². The number of hydrogen-bond acceptors (Lipinski definition) is 3. The highest BCUT2D eigenvalue weighted by Gasteiger charge is 2.30. The summed E-state index contributed by atoms with van der Waals surface area (Å²) in [6.45, 7) is 7.90. The lowest BCUT2D eigenvalue weighted by molar-refractivity contribution is -0.136. The van der Waals surface area contributed by atoms with Crippen LogP contribution in [0.3, 0.4) is 0 Å². The van der Waals surface area contributed by atoms with Gasteiger partial charge in [-0.2, -0.15) is 0 Å². The first-order chi connectivity index (χ1) is 12.1. The van der Waals surface area contributed by atoms with E-state index in [1.54, 1.807) is 6.92 Å². The van der Waals surface area contributed by atoms with E-state index in [0.29, 0.717) is 24.3 Å². The lowest BCUT2D eigenvalue weighted by Crippen LogP contribution is -2.46. The van der Waals surface area contributed by atoms with Gasteiger partial charge in [0.05, 0.1) is 0 Å². The van der Waals surface area contributed by atoms with Crippen LogP contribution in [0.4, 0.5) is 0 Å². The van der Waals surface area contributed by atoms with Crippen LogP contribution < -0.4 is 0 Å². The summed E-state index contributed by atoms with van der Waals surface area (Å²) in [7, 11) is 0. The van der Waals surface area contributed by atoms with Gasteiger partial charge in [-0.25, -0.2) is 0 Å². The molecule has 0 spiro atoms. The molecule has 0 bridgehead atoms. The summed E-state index contributed by atoms with van der Waals surface area (Å²) in [6.07, 6.45) is 10.1. The number of piperidine rings is 2. The largest absolute Gasteiger partial charge is 0.343 e. The first-order valence-electron chi connectivity index (χ1n) is 10.4. The first kappa shape index (κ1) is 18.7. The molecule has 0 aromatic rings. The molecule has 0 unspecified atom stereocenters. The van der Waals surface area contributed by atoms with Crippen molar-refractivity contribution in [3.05, 3.63) is 0 Å². The molecule has 3 heterocycles. The molecule has 0 aliphatic carbocycles. The highest BCUT2D eigenvalue weighted by atomic mass is 16.2. The molecule has 3 aliphatic heterocycles. The van der Waals surface area contributed by atoms with Crippen molar-refractivity contribution in [1.29, 1.82) is 0 Å². The van der Waals surface area contributed by atoms with Crippen molar-refractivity contribution in [1.82, 2.24) is 14.7 Å². The van der Waals surface area contributed by atoms with Crippen LogP contribution in [-0.2, 0) is 9.59 Å². The summed E-state index contributed by atoms with van der Waals surface area (Å²) in [5.74, 6) is 0.999. The van der Waals surface area contributed by atoms with Gasteiger partial charge in [0.15, 0.2) is 0 Å². The van der Waals surface area contributed by atoms with Crippen LogP contribution in [0, 0.1) is 5.92 Å². The topological polar surface area (TPSA) is 43.9 Å². The molecule has 5 nitrogen and oxygen atoms in total. The van der Waals surface area contributed by atoms with Crippen LogP contribution in [0.5, 0.6) is 0 Å². The molecule has 142 valence electrons. The van der Waals surface area contributed by atoms with Gasteiger partial charge in [-0.3, -0.25) is 9.59 Å². The van der Waals surface area contributed by atoms with Gasteiger partial charge in [0, 0.05) is 45.6 Å². The van der Waals surface area contributed by atoms with Gasteiger partial charge in [-0.15, -0.1) is 0 Å². The highest BCUT2D eigenvalue weighted by Crippen LogP contribution is 2.26. The van der Waals surface area contributed by atoms with Crippen LogP contribution in [0.1, 0.15) is 64.7 Å². The van der Waals surface area contributed by atoms with Crippen LogP contribution in [0.25, 0.3) is 0 Å². The lowest BCUT2D eigenvalue weighted by Gasteiger charge is -2.38. The number of carbonyl (C=O) groups is 2. The second-order valence-electron chi connectivity index (χ2n) is 8.23. The predicted octanol–water partition coefficient (Wildman–Crippen LogP) is 2.50. The summed E-state index contributed by atoms with van der Waals surface area (Å²) in [5.41, 5.74) is 0. The molecular formula is C20H35N3O2. The molecule has 1 atom stereocenters. The van der Waals surface area contributed by atoms with E-state index in [9.17, 15) is 9.59 Å². The zero-order chi connectivity index (χ0) is 17.6. The molecule has 0 N–H and O–H groups in total. The molecule has 3 rings (SSSR count). The van der Waals surface area contributed by atoms with E-state index in [1.165, 1.54) is 38.8 Å². The highest BCUT2D eigenvalue weighted by molar-refractivity contribution is 5.77. The van der Waals surface area contributed by atoms with Gasteiger partial charge in [0.1, 0.15) is 0 Å². The van der Waals surface area contributed by atoms with E-state index in [2.05, 4.69) is 9.80 Å². The van der Waals surface area contributed by atoms with Crippen molar-refractivity contribution in [3.63, 3.8) is 0 Å². The van der Waals surface area contributed by atoms with Crippen molar-refractivity contribution < 1.29 is 9.59 Å². The van der Waals surface area contributed by atoms with E-state index in [-0.39, 0.29) is 5.91 Å². The fraction of sp³-hybridized carbons (Fsp3) is 0.900. The molecule has 25 heavy (non-hydrogen) atoms. The third-order valence-corrected chi connectivity index (χ3v) is 6.45. The Balaban J connectivity index is 1.46. The van der Waals surface area contributed by atoms with Gasteiger partial charge in [0.2, 0.25) is 11.8 Å². The minimum Gasteiger partial charge on any atom is -0.343 e. The van der Waals surface area contributed by atoms with Gasteiger partial charge >= 0.3 is 0 Å². The van der Waals surface area contributed by atoms with Crippen LogP contribution >= 0.6 is 0 Å². The standard InChI is InChI=1S/C20H35N3O2/c1-17(24)22-14-7-18(8-15-22)16-20(25)23-12-3-2-6-19(23)9-13-21-10-4-5-11-21/h18-19H,2-16H2,1H3/t19-/m1/s1. The maximum Gasteiger partial charge on any atom is 0.223 e. The van der Waals surface area contributed by atoms with E-state index in [1.807, 2.05) is 4.90 Å². The van der Waals surface area contributed by atoms with Crippen LogP contribution in [0.2, 0.25) is 0 Å². The number of hydrogen-bond donors (Lipinski definition) is 0. The first-order valence-corrected chi connectivity index (χ1v) is 10.4. The van der Waals surface area contributed by atoms with E-state index >= 15 is 0 Å². The fourth-order valence-electron chi connectivity index (χ4n) is 4.78. The molecule has 0 saturated carbocycles. The van der Waals surface area contributed by atoms with Gasteiger partial charge < -0.3 is 14.7 Å². The van der Waals surface area contributed by atoms with Crippen LogP contribution in [0.15, 0.2) is 0 Å².